The first kappa shape index (κ1) is 25.8. The molecule has 0 aromatic carbocycles. The first-order valence-electron chi connectivity index (χ1n) is 9.66. The Morgan fingerprint density at radius 2 is 1.47 bits per heavy atom. The fraction of sp³-hybridized carbons (Fsp3) is 0.789. The summed E-state index contributed by atoms with van der Waals surface area (Å²) in [5.74, 6) is -2.30. The van der Waals surface area contributed by atoms with Gasteiger partial charge in [-0.15, -0.1) is 0 Å². The highest BCUT2D eigenvalue weighted by molar-refractivity contribution is 5.73. The largest absolute Gasteiger partial charge is 0.463 e. The van der Waals surface area contributed by atoms with Gasteiger partial charge in [0.2, 0.25) is 5.91 Å². The minimum atomic E-state index is -1.13. The first-order valence-corrected chi connectivity index (χ1v) is 9.66. The molecule has 1 saturated heterocycles. The van der Waals surface area contributed by atoms with Crippen molar-refractivity contribution in [2.75, 3.05) is 26.9 Å². The zero-order valence-electron chi connectivity index (χ0n) is 18.0. The molecule has 0 bridgehead atoms. The molecular formula is C19H31NO10. The van der Waals surface area contributed by atoms with Crippen LogP contribution in [0.15, 0.2) is 0 Å². The van der Waals surface area contributed by atoms with Gasteiger partial charge in [0.15, 0.2) is 18.5 Å². The molecular weight excluding hydrogens is 402 g/mol. The van der Waals surface area contributed by atoms with Gasteiger partial charge in [0.05, 0.1) is 0 Å². The van der Waals surface area contributed by atoms with Crippen molar-refractivity contribution >= 4 is 23.8 Å². The Hall–Kier alpha value is -2.24. The van der Waals surface area contributed by atoms with Crippen molar-refractivity contribution in [2.24, 2.45) is 0 Å². The van der Waals surface area contributed by atoms with E-state index in [9.17, 15) is 19.2 Å². The molecule has 3 unspecified atom stereocenters. The number of carbonyl (C=O) groups excluding carboxylic acids is 4. The highest BCUT2D eigenvalue weighted by Gasteiger charge is 2.51. The highest BCUT2D eigenvalue weighted by atomic mass is 16.7. The zero-order valence-corrected chi connectivity index (χ0v) is 18.0. The van der Waals surface area contributed by atoms with Gasteiger partial charge in [0.1, 0.15) is 18.8 Å². The standard InChI is InChI=1S/C19H31NO10/c1-11(21)20-16-18(29-14(4)24)17(28-13(3)23)15(10-27-12(2)22)30-19(16)26-9-7-6-8-25-5/h15-19H,6-10H2,1-5H3,(H,20,21)/t15?,16?,17-,18?,19+/m0/s1. The van der Waals surface area contributed by atoms with E-state index in [1.54, 1.807) is 7.11 Å². The number of methoxy groups -OCH3 is 1. The van der Waals surface area contributed by atoms with E-state index in [0.29, 0.717) is 13.0 Å². The van der Waals surface area contributed by atoms with Gasteiger partial charge in [-0.1, -0.05) is 0 Å². The van der Waals surface area contributed by atoms with Crippen LogP contribution in [0.3, 0.4) is 0 Å². The first-order chi connectivity index (χ1) is 14.1. The van der Waals surface area contributed by atoms with Crippen molar-refractivity contribution in [2.45, 2.75) is 71.2 Å². The number of hydrogen-bond acceptors (Lipinski definition) is 10. The van der Waals surface area contributed by atoms with Crippen molar-refractivity contribution in [1.29, 1.82) is 0 Å². The number of nitrogens with one attached hydrogen (secondary N) is 1. The third-order valence-electron chi connectivity index (χ3n) is 4.10. The van der Waals surface area contributed by atoms with Crippen LogP contribution in [0.4, 0.5) is 0 Å². The number of carbonyl (C=O) groups is 4. The molecule has 11 nitrogen and oxygen atoms in total. The summed E-state index contributed by atoms with van der Waals surface area (Å²) in [6.07, 6.45) is -2.86. The van der Waals surface area contributed by atoms with Crippen LogP contribution in [0.1, 0.15) is 40.5 Å². The van der Waals surface area contributed by atoms with E-state index in [1.165, 1.54) is 27.7 Å². The second kappa shape index (κ2) is 13.1. The highest BCUT2D eigenvalue weighted by Crippen LogP contribution is 2.28. The van der Waals surface area contributed by atoms with Crippen molar-refractivity contribution in [3.63, 3.8) is 0 Å². The predicted molar refractivity (Wildman–Crippen MR) is 101 cm³/mol. The summed E-state index contributed by atoms with van der Waals surface area (Å²) in [5, 5.41) is 2.64. The van der Waals surface area contributed by atoms with Gasteiger partial charge >= 0.3 is 17.9 Å². The second-order valence-corrected chi connectivity index (χ2v) is 6.79. The molecule has 1 aliphatic rings. The molecule has 0 aromatic rings. The molecule has 30 heavy (non-hydrogen) atoms. The minimum Gasteiger partial charge on any atom is -0.463 e. The molecule has 1 heterocycles. The normalized spacial score (nSPS) is 25.8. The summed E-state index contributed by atoms with van der Waals surface area (Å²) in [6.45, 7) is 5.44. The van der Waals surface area contributed by atoms with Gasteiger partial charge in [-0.25, -0.2) is 0 Å². The molecule has 1 fully saturated rings. The maximum atomic E-state index is 11.8. The van der Waals surface area contributed by atoms with E-state index >= 15 is 0 Å². The number of ether oxygens (including phenoxy) is 6. The number of unbranched alkanes of at least 4 members (excludes halogenated alkanes) is 1. The molecule has 0 radical (unpaired) electrons. The topological polar surface area (TPSA) is 136 Å². The minimum absolute atomic E-state index is 0.263. The Morgan fingerprint density at radius 1 is 0.867 bits per heavy atom. The van der Waals surface area contributed by atoms with Gasteiger partial charge in [-0.2, -0.15) is 0 Å². The molecule has 0 aromatic heterocycles. The van der Waals surface area contributed by atoms with Crippen LogP contribution in [0.25, 0.3) is 0 Å². The lowest BCUT2D eigenvalue weighted by Gasteiger charge is -2.44. The number of hydrogen-bond donors (Lipinski definition) is 1. The molecule has 1 rings (SSSR count). The summed E-state index contributed by atoms with van der Waals surface area (Å²) < 4.78 is 32.3. The second-order valence-electron chi connectivity index (χ2n) is 6.79. The Labute approximate surface area is 175 Å². The van der Waals surface area contributed by atoms with Crippen LogP contribution in [-0.4, -0.2) is 81.4 Å². The van der Waals surface area contributed by atoms with E-state index in [4.69, 9.17) is 28.4 Å². The monoisotopic (exact) mass is 433 g/mol. The lowest BCUT2D eigenvalue weighted by Crippen LogP contribution is -2.66. The Balaban J connectivity index is 3.13. The van der Waals surface area contributed by atoms with Gasteiger partial charge in [-0.05, 0) is 12.8 Å². The predicted octanol–water partition coefficient (Wildman–Crippen LogP) is 0.0857. The maximum absolute atomic E-state index is 11.8. The van der Waals surface area contributed by atoms with Gasteiger partial charge < -0.3 is 33.7 Å². The van der Waals surface area contributed by atoms with Crippen LogP contribution in [-0.2, 0) is 47.6 Å². The molecule has 0 saturated carbocycles. The summed E-state index contributed by atoms with van der Waals surface area (Å²) in [5.41, 5.74) is 0. The van der Waals surface area contributed by atoms with E-state index < -0.39 is 54.5 Å². The third kappa shape index (κ3) is 9.06. The van der Waals surface area contributed by atoms with E-state index in [0.717, 1.165) is 6.42 Å². The Morgan fingerprint density at radius 3 is 2.00 bits per heavy atom. The molecule has 1 N–H and O–H groups in total. The van der Waals surface area contributed by atoms with E-state index in [2.05, 4.69) is 5.32 Å². The molecule has 5 atom stereocenters. The van der Waals surface area contributed by atoms with Crippen molar-refractivity contribution < 1.29 is 47.6 Å². The fourth-order valence-corrected chi connectivity index (χ4v) is 2.98. The van der Waals surface area contributed by atoms with Crippen molar-refractivity contribution in [1.82, 2.24) is 5.32 Å². The molecule has 1 amide bonds. The Bertz CT molecular complexity index is 596. The van der Waals surface area contributed by atoms with Crippen molar-refractivity contribution in [3.8, 4) is 0 Å². The number of rotatable bonds is 11. The van der Waals surface area contributed by atoms with E-state index in [-0.39, 0.29) is 13.2 Å². The van der Waals surface area contributed by atoms with E-state index in [1.807, 2.05) is 0 Å². The maximum Gasteiger partial charge on any atom is 0.303 e. The summed E-state index contributed by atoms with van der Waals surface area (Å²) in [4.78, 5) is 46.4. The molecule has 1 aliphatic heterocycles. The van der Waals surface area contributed by atoms with Crippen LogP contribution in [0.2, 0.25) is 0 Å². The molecule has 172 valence electrons. The number of esters is 3. The Kier molecular flexibility index (Phi) is 11.3. The van der Waals surface area contributed by atoms with Crippen LogP contribution in [0.5, 0.6) is 0 Å². The lowest BCUT2D eigenvalue weighted by atomic mass is 9.96. The molecule has 0 spiro atoms. The summed E-state index contributed by atoms with van der Waals surface area (Å²) >= 11 is 0. The van der Waals surface area contributed by atoms with Gasteiger partial charge in [0, 0.05) is 48.0 Å². The summed E-state index contributed by atoms with van der Waals surface area (Å²) in [6, 6.07) is -0.952. The van der Waals surface area contributed by atoms with Gasteiger partial charge in [0.25, 0.3) is 0 Å². The molecule has 11 heteroatoms. The number of amides is 1. The quantitative estimate of drug-likeness (QED) is 0.271. The lowest BCUT2D eigenvalue weighted by molar-refractivity contribution is -0.277. The molecule has 0 aliphatic carbocycles. The van der Waals surface area contributed by atoms with Crippen molar-refractivity contribution in [3.05, 3.63) is 0 Å². The average molecular weight is 433 g/mol. The summed E-state index contributed by atoms with van der Waals surface area (Å²) in [7, 11) is 1.59. The SMILES string of the molecule is COCCCCO[C@@H]1OC(COC(C)=O)[C@H](OC(C)=O)C(OC(C)=O)C1NC(C)=O. The fourth-order valence-electron chi connectivity index (χ4n) is 2.98. The van der Waals surface area contributed by atoms with Crippen LogP contribution >= 0.6 is 0 Å². The third-order valence-corrected chi connectivity index (χ3v) is 4.10. The smallest absolute Gasteiger partial charge is 0.303 e. The zero-order chi connectivity index (χ0) is 22.7. The van der Waals surface area contributed by atoms with Crippen LogP contribution in [0, 0.1) is 0 Å². The average Bonchev–Trinajstić information content (AvgIpc) is 2.63. The van der Waals surface area contributed by atoms with Gasteiger partial charge in [-0.3, -0.25) is 19.2 Å². The van der Waals surface area contributed by atoms with Crippen LogP contribution < -0.4 is 5.32 Å².